The van der Waals surface area contributed by atoms with Crippen LogP contribution in [0.25, 0.3) is 0 Å². The first-order valence-electron chi connectivity index (χ1n) is 10.8. The summed E-state index contributed by atoms with van der Waals surface area (Å²) in [7, 11) is 2.17. The Morgan fingerprint density at radius 2 is 1.93 bits per heavy atom. The van der Waals surface area contributed by atoms with E-state index in [0.717, 1.165) is 64.4 Å². The van der Waals surface area contributed by atoms with Crippen molar-refractivity contribution in [3.8, 4) is 0 Å². The Hall–Kier alpha value is -1.89. The molecule has 1 atom stereocenters. The van der Waals surface area contributed by atoms with E-state index >= 15 is 0 Å². The topological polar surface area (TPSA) is 61.7 Å². The molecule has 0 aromatic carbocycles. The lowest BCUT2D eigenvalue weighted by Gasteiger charge is -2.36. The normalized spacial score (nSPS) is 22.6. The molecular formula is C21H33N5O2. The maximum Gasteiger partial charge on any atom is 0.245 e. The van der Waals surface area contributed by atoms with Gasteiger partial charge in [-0.15, -0.1) is 0 Å². The minimum Gasteiger partial charge on any atom is -0.341 e. The summed E-state index contributed by atoms with van der Waals surface area (Å²) in [6, 6.07) is -0.275. The van der Waals surface area contributed by atoms with Crippen LogP contribution >= 0.6 is 0 Å². The number of aryl methyl sites for hydroxylation is 1. The van der Waals surface area contributed by atoms with Gasteiger partial charge in [0.25, 0.3) is 0 Å². The molecular weight excluding hydrogens is 354 g/mol. The summed E-state index contributed by atoms with van der Waals surface area (Å²) >= 11 is 0. The van der Waals surface area contributed by atoms with E-state index in [-0.39, 0.29) is 17.9 Å². The number of rotatable bonds is 4. The first-order chi connectivity index (χ1) is 13.5. The molecule has 3 aliphatic heterocycles. The number of hydrogen-bond acceptors (Lipinski definition) is 4. The molecule has 7 nitrogen and oxygen atoms in total. The van der Waals surface area contributed by atoms with Crippen LogP contribution in [0.5, 0.6) is 0 Å². The molecule has 4 rings (SSSR count). The summed E-state index contributed by atoms with van der Waals surface area (Å²) in [4.78, 5) is 36.3. The monoisotopic (exact) mass is 387 g/mol. The molecule has 0 saturated carbocycles. The standard InChI is InChI=1S/C21H33N5O2/c1-4-17(26-9-5-6-19(26)27)21(28)24-10-7-16(8-11-24)20-18-14-23(3)12-13-25(18)15(2)22-20/h16-17H,4-14H2,1-3H3. The van der Waals surface area contributed by atoms with Gasteiger partial charge in [0.2, 0.25) is 11.8 Å². The highest BCUT2D eigenvalue weighted by Crippen LogP contribution is 2.32. The van der Waals surface area contributed by atoms with Crippen LogP contribution in [0.15, 0.2) is 0 Å². The van der Waals surface area contributed by atoms with Crippen molar-refractivity contribution in [1.82, 2.24) is 24.3 Å². The lowest BCUT2D eigenvalue weighted by atomic mass is 9.91. The van der Waals surface area contributed by atoms with Crippen LogP contribution < -0.4 is 0 Å². The third-order valence-corrected chi connectivity index (χ3v) is 6.77. The lowest BCUT2D eigenvalue weighted by Crippen LogP contribution is -2.50. The number of likely N-dealkylation sites (N-methyl/N-ethyl adjacent to an activating group) is 1. The molecule has 0 spiro atoms. The van der Waals surface area contributed by atoms with Crippen molar-refractivity contribution >= 4 is 11.8 Å². The summed E-state index contributed by atoms with van der Waals surface area (Å²) < 4.78 is 2.37. The van der Waals surface area contributed by atoms with Gasteiger partial charge in [0.1, 0.15) is 11.9 Å². The molecule has 0 N–H and O–H groups in total. The fraction of sp³-hybridized carbons (Fsp3) is 0.762. The van der Waals surface area contributed by atoms with Gasteiger partial charge in [-0.3, -0.25) is 14.5 Å². The Kier molecular flexibility index (Phi) is 5.45. The molecule has 0 bridgehead atoms. The molecule has 0 radical (unpaired) electrons. The summed E-state index contributed by atoms with van der Waals surface area (Å²) in [5.41, 5.74) is 2.61. The molecule has 28 heavy (non-hydrogen) atoms. The average Bonchev–Trinajstić information content (AvgIpc) is 3.26. The van der Waals surface area contributed by atoms with E-state index in [0.29, 0.717) is 18.8 Å². The van der Waals surface area contributed by atoms with Crippen LogP contribution in [0.1, 0.15) is 62.2 Å². The van der Waals surface area contributed by atoms with Gasteiger partial charge < -0.3 is 14.4 Å². The zero-order chi connectivity index (χ0) is 19.8. The van der Waals surface area contributed by atoms with Gasteiger partial charge in [0, 0.05) is 51.6 Å². The number of aromatic nitrogens is 2. The highest BCUT2D eigenvalue weighted by molar-refractivity contribution is 5.88. The summed E-state index contributed by atoms with van der Waals surface area (Å²) in [6.45, 7) is 9.44. The van der Waals surface area contributed by atoms with Gasteiger partial charge in [0.15, 0.2) is 0 Å². The zero-order valence-corrected chi connectivity index (χ0v) is 17.5. The van der Waals surface area contributed by atoms with Gasteiger partial charge in [-0.1, -0.05) is 6.92 Å². The molecule has 154 valence electrons. The second kappa shape index (κ2) is 7.85. The molecule has 2 amide bonds. The molecule has 0 aliphatic carbocycles. The number of amides is 2. The number of nitrogens with zero attached hydrogens (tertiary/aromatic N) is 5. The van der Waals surface area contributed by atoms with Crippen molar-refractivity contribution in [1.29, 1.82) is 0 Å². The van der Waals surface area contributed by atoms with Crippen LogP contribution in [0.3, 0.4) is 0 Å². The Morgan fingerprint density at radius 3 is 2.57 bits per heavy atom. The Labute approximate surface area is 167 Å². The number of piperidine rings is 1. The van der Waals surface area contributed by atoms with Gasteiger partial charge >= 0.3 is 0 Å². The molecule has 1 aromatic rings. The van der Waals surface area contributed by atoms with Crippen molar-refractivity contribution in [3.05, 3.63) is 17.2 Å². The fourth-order valence-electron chi connectivity index (χ4n) is 5.14. The number of fused-ring (bicyclic) bond motifs is 1. The zero-order valence-electron chi connectivity index (χ0n) is 17.5. The smallest absolute Gasteiger partial charge is 0.245 e. The fourth-order valence-corrected chi connectivity index (χ4v) is 5.14. The second-order valence-corrected chi connectivity index (χ2v) is 8.59. The lowest BCUT2D eigenvalue weighted by molar-refractivity contribution is -0.144. The maximum atomic E-state index is 13.1. The van der Waals surface area contributed by atoms with Crippen molar-refractivity contribution in [2.24, 2.45) is 0 Å². The first kappa shape index (κ1) is 19.4. The van der Waals surface area contributed by atoms with Gasteiger partial charge in [-0.2, -0.15) is 0 Å². The van der Waals surface area contributed by atoms with Gasteiger partial charge in [-0.05, 0) is 39.7 Å². The van der Waals surface area contributed by atoms with E-state index in [1.807, 2.05) is 11.8 Å². The minimum absolute atomic E-state index is 0.138. The second-order valence-electron chi connectivity index (χ2n) is 8.59. The Bertz CT molecular complexity index is 750. The summed E-state index contributed by atoms with van der Waals surface area (Å²) in [5.74, 6) is 1.83. The van der Waals surface area contributed by atoms with E-state index in [2.05, 4.69) is 23.4 Å². The molecule has 7 heteroatoms. The van der Waals surface area contributed by atoms with Crippen molar-refractivity contribution < 1.29 is 9.59 Å². The van der Waals surface area contributed by atoms with E-state index < -0.39 is 0 Å². The van der Waals surface area contributed by atoms with Crippen LogP contribution in [0.2, 0.25) is 0 Å². The van der Waals surface area contributed by atoms with Crippen molar-refractivity contribution in [2.45, 2.75) is 71.0 Å². The van der Waals surface area contributed by atoms with E-state index in [1.54, 1.807) is 4.90 Å². The third kappa shape index (κ3) is 3.45. The Balaban J connectivity index is 1.42. The molecule has 2 fully saturated rings. The largest absolute Gasteiger partial charge is 0.341 e. The summed E-state index contributed by atoms with van der Waals surface area (Å²) in [5, 5.41) is 0. The summed E-state index contributed by atoms with van der Waals surface area (Å²) in [6.07, 6.45) is 4.09. The molecule has 1 aromatic heterocycles. The van der Waals surface area contributed by atoms with E-state index in [4.69, 9.17) is 4.98 Å². The quantitative estimate of drug-likeness (QED) is 0.790. The highest BCUT2D eigenvalue weighted by atomic mass is 16.2. The number of carbonyl (C=O) groups is 2. The van der Waals surface area contributed by atoms with Gasteiger partial charge in [0.05, 0.1) is 11.4 Å². The molecule has 3 aliphatic rings. The minimum atomic E-state index is -0.275. The van der Waals surface area contributed by atoms with Crippen LogP contribution in [0, 0.1) is 6.92 Å². The van der Waals surface area contributed by atoms with E-state index in [9.17, 15) is 9.59 Å². The molecule has 1 unspecified atom stereocenters. The van der Waals surface area contributed by atoms with Gasteiger partial charge in [-0.25, -0.2) is 4.98 Å². The first-order valence-corrected chi connectivity index (χ1v) is 10.8. The van der Waals surface area contributed by atoms with Crippen molar-refractivity contribution in [2.75, 3.05) is 33.2 Å². The predicted molar refractivity (Wildman–Crippen MR) is 107 cm³/mol. The third-order valence-electron chi connectivity index (χ3n) is 6.77. The van der Waals surface area contributed by atoms with Crippen molar-refractivity contribution in [3.63, 3.8) is 0 Å². The number of carbonyl (C=O) groups excluding carboxylic acids is 2. The van der Waals surface area contributed by atoms with Crippen LogP contribution in [-0.2, 0) is 22.7 Å². The average molecular weight is 388 g/mol. The van der Waals surface area contributed by atoms with Crippen LogP contribution in [0.4, 0.5) is 0 Å². The Morgan fingerprint density at radius 1 is 1.18 bits per heavy atom. The maximum absolute atomic E-state index is 13.1. The SMILES string of the molecule is CCC(C(=O)N1CCC(c2nc(C)n3c2CN(C)CC3)CC1)N1CCCC1=O. The number of imidazole rings is 1. The molecule has 2 saturated heterocycles. The predicted octanol–water partition coefficient (Wildman–Crippen LogP) is 1.74. The van der Waals surface area contributed by atoms with E-state index in [1.165, 1.54) is 11.4 Å². The number of likely N-dealkylation sites (tertiary alicyclic amines) is 2. The molecule has 4 heterocycles. The highest BCUT2D eigenvalue weighted by Gasteiger charge is 2.36. The number of hydrogen-bond donors (Lipinski definition) is 0. The van der Waals surface area contributed by atoms with Crippen LogP contribution in [-0.4, -0.2) is 75.3 Å².